The van der Waals surface area contributed by atoms with Gasteiger partial charge in [-0.3, -0.25) is 0 Å². The summed E-state index contributed by atoms with van der Waals surface area (Å²) in [5.74, 6) is 1.53. The van der Waals surface area contributed by atoms with Crippen molar-refractivity contribution < 1.29 is 0 Å². The fourth-order valence-electron chi connectivity index (χ4n) is 2.60. The first-order chi connectivity index (χ1) is 8.21. The third-order valence-corrected chi connectivity index (χ3v) is 3.59. The molecule has 0 bridgehead atoms. The van der Waals surface area contributed by atoms with E-state index in [2.05, 4.69) is 53.4 Å². The minimum Gasteiger partial charge on any atom is -0.330 e. The summed E-state index contributed by atoms with van der Waals surface area (Å²) in [5, 5.41) is 0. The molecular weight excluding hydrogens is 220 g/mol. The van der Waals surface area contributed by atoms with E-state index in [4.69, 9.17) is 5.73 Å². The van der Waals surface area contributed by atoms with Crippen LogP contribution in [0.5, 0.6) is 0 Å². The van der Waals surface area contributed by atoms with Gasteiger partial charge in [0.2, 0.25) is 0 Å². The Bertz CT molecular complexity index is 199. The molecule has 0 aromatic carbocycles. The van der Waals surface area contributed by atoms with E-state index in [9.17, 15) is 0 Å². The van der Waals surface area contributed by atoms with Crippen LogP contribution in [0.25, 0.3) is 0 Å². The van der Waals surface area contributed by atoms with Crippen molar-refractivity contribution in [2.45, 2.75) is 67.3 Å². The van der Waals surface area contributed by atoms with Crippen LogP contribution >= 0.6 is 0 Å². The first kappa shape index (κ1) is 17.9. The predicted molar refractivity (Wildman–Crippen MR) is 82.8 cm³/mol. The van der Waals surface area contributed by atoms with Crippen LogP contribution in [0.15, 0.2) is 0 Å². The molecule has 2 nitrogen and oxygen atoms in total. The summed E-state index contributed by atoms with van der Waals surface area (Å²) in [6, 6.07) is 0.709. The Kier molecular flexibility index (Phi) is 8.13. The molecule has 0 unspecified atom stereocenters. The lowest BCUT2D eigenvalue weighted by molar-refractivity contribution is 0.110. The van der Waals surface area contributed by atoms with Crippen LogP contribution in [0.1, 0.15) is 61.3 Å². The Labute approximate surface area is 115 Å². The van der Waals surface area contributed by atoms with Crippen LogP contribution in [-0.4, -0.2) is 30.6 Å². The molecule has 0 heterocycles. The molecule has 0 atom stereocenters. The molecule has 0 aliphatic heterocycles. The van der Waals surface area contributed by atoms with Crippen molar-refractivity contribution >= 4 is 0 Å². The predicted octanol–water partition coefficient (Wildman–Crippen LogP) is 3.75. The van der Waals surface area contributed by atoms with E-state index in [-0.39, 0.29) is 5.41 Å². The molecule has 2 heteroatoms. The largest absolute Gasteiger partial charge is 0.330 e. The van der Waals surface area contributed by atoms with Gasteiger partial charge in [0, 0.05) is 12.6 Å². The van der Waals surface area contributed by atoms with Gasteiger partial charge >= 0.3 is 0 Å². The molecule has 0 rings (SSSR count). The van der Waals surface area contributed by atoms with E-state index in [1.54, 1.807) is 0 Å². The van der Waals surface area contributed by atoms with E-state index in [1.807, 2.05) is 0 Å². The summed E-state index contributed by atoms with van der Waals surface area (Å²) in [6.07, 6.45) is 2.60. The van der Waals surface area contributed by atoms with Gasteiger partial charge in [0.15, 0.2) is 0 Å². The molecule has 0 saturated carbocycles. The zero-order valence-corrected chi connectivity index (χ0v) is 13.8. The third-order valence-electron chi connectivity index (χ3n) is 3.59. The highest BCUT2D eigenvalue weighted by molar-refractivity contribution is 4.80. The third kappa shape index (κ3) is 7.38. The Morgan fingerprint density at radius 1 is 1.00 bits per heavy atom. The number of nitrogens with zero attached hydrogens (tertiary/aromatic N) is 1. The monoisotopic (exact) mass is 256 g/mol. The van der Waals surface area contributed by atoms with Crippen molar-refractivity contribution in [1.82, 2.24) is 4.90 Å². The Morgan fingerprint density at radius 3 is 1.72 bits per heavy atom. The second kappa shape index (κ2) is 8.16. The topological polar surface area (TPSA) is 29.3 Å². The highest BCUT2D eigenvalue weighted by atomic mass is 15.2. The van der Waals surface area contributed by atoms with Crippen LogP contribution in [0.4, 0.5) is 0 Å². The van der Waals surface area contributed by atoms with Crippen molar-refractivity contribution in [3.63, 3.8) is 0 Å². The zero-order chi connectivity index (χ0) is 14.3. The van der Waals surface area contributed by atoms with Crippen molar-refractivity contribution in [3.05, 3.63) is 0 Å². The van der Waals surface area contributed by atoms with Crippen LogP contribution < -0.4 is 5.73 Å². The van der Waals surface area contributed by atoms with E-state index >= 15 is 0 Å². The standard InChI is InChI=1S/C16H36N2/c1-8-18(12-16(6,7)11-17)15(9-13(2)3)10-14(4)5/h13-15H,8-12,17H2,1-7H3. The molecule has 0 aliphatic rings. The molecule has 0 saturated heterocycles. The van der Waals surface area contributed by atoms with Crippen molar-refractivity contribution in [1.29, 1.82) is 0 Å². The van der Waals surface area contributed by atoms with Gasteiger partial charge < -0.3 is 10.6 Å². The lowest BCUT2D eigenvalue weighted by Gasteiger charge is -2.38. The zero-order valence-electron chi connectivity index (χ0n) is 13.8. The highest BCUT2D eigenvalue weighted by Crippen LogP contribution is 2.23. The molecule has 2 N–H and O–H groups in total. The van der Waals surface area contributed by atoms with Gasteiger partial charge in [-0.1, -0.05) is 48.5 Å². The first-order valence-electron chi connectivity index (χ1n) is 7.66. The second-order valence-electron chi connectivity index (χ2n) is 7.34. The summed E-state index contributed by atoms with van der Waals surface area (Å²) in [7, 11) is 0. The summed E-state index contributed by atoms with van der Waals surface area (Å²) >= 11 is 0. The normalized spacial score (nSPS) is 13.3. The lowest BCUT2D eigenvalue weighted by atomic mass is 9.89. The Morgan fingerprint density at radius 2 is 1.44 bits per heavy atom. The Balaban J connectivity index is 4.68. The summed E-state index contributed by atoms with van der Waals surface area (Å²) in [6.45, 7) is 19.2. The summed E-state index contributed by atoms with van der Waals surface area (Å²) in [4.78, 5) is 2.65. The van der Waals surface area contributed by atoms with Crippen LogP contribution in [-0.2, 0) is 0 Å². The smallest absolute Gasteiger partial charge is 0.0100 e. The number of rotatable bonds is 9. The van der Waals surface area contributed by atoms with Crippen LogP contribution in [0.3, 0.4) is 0 Å². The van der Waals surface area contributed by atoms with Gasteiger partial charge in [0.25, 0.3) is 0 Å². The van der Waals surface area contributed by atoms with Gasteiger partial charge in [-0.25, -0.2) is 0 Å². The molecule has 0 aliphatic carbocycles. The quantitative estimate of drug-likeness (QED) is 0.680. The van der Waals surface area contributed by atoms with Crippen molar-refractivity contribution in [3.8, 4) is 0 Å². The maximum atomic E-state index is 5.89. The fourth-order valence-corrected chi connectivity index (χ4v) is 2.60. The molecule has 0 aromatic heterocycles. The van der Waals surface area contributed by atoms with E-state index in [0.717, 1.165) is 31.5 Å². The molecule has 18 heavy (non-hydrogen) atoms. The number of nitrogens with two attached hydrogens (primary N) is 1. The molecule has 110 valence electrons. The van der Waals surface area contributed by atoms with Gasteiger partial charge in [0.1, 0.15) is 0 Å². The van der Waals surface area contributed by atoms with Crippen LogP contribution in [0, 0.1) is 17.3 Å². The number of hydrogen-bond acceptors (Lipinski definition) is 2. The highest BCUT2D eigenvalue weighted by Gasteiger charge is 2.25. The van der Waals surface area contributed by atoms with Gasteiger partial charge in [-0.15, -0.1) is 0 Å². The van der Waals surface area contributed by atoms with E-state index in [0.29, 0.717) is 6.04 Å². The van der Waals surface area contributed by atoms with Gasteiger partial charge in [0.05, 0.1) is 0 Å². The summed E-state index contributed by atoms with van der Waals surface area (Å²) < 4.78 is 0. The van der Waals surface area contributed by atoms with Gasteiger partial charge in [-0.2, -0.15) is 0 Å². The summed E-state index contributed by atoms with van der Waals surface area (Å²) in [5.41, 5.74) is 6.11. The fraction of sp³-hybridized carbons (Fsp3) is 1.00. The molecule has 0 amide bonds. The molecule has 0 radical (unpaired) electrons. The molecule has 0 spiro atoms. The molecule has 0 aromatic rings. The first-order valence-corrected chi connectivity index (χ1v) is 7.66. The Hall–Kier alpha value is -0.0800. The van der Waals surface area contributed by atoms with Crippen LogP contribution in [0.2, 0.25) is 0 Å². The minimum absolute atomic E-state index is 0.224. The van der Waals surface area contributed by atoms with Crippen molar-refractivity contribution in [2.75, 3.05) is 19.6 Å². The van der Waals surface area contributed by atoms with E-state index < -0.39 is 0 Å². The SMILES string of the molecule is CCN(CC(C)(C)CN)C(CC(C)C)CC(C)C. The minimum atomic E-state index is 0.224. The maximum Gasteiger partial charge on any atom is 0.0100 e. The van der Waals surface area contributed by atoms with Gasteiger partial charge in [-0.05, 0) is 43.2 Å². The second-order valence-corrected chi connectivity index (χ2v) is 7.34. The lowest BCUT2D eigenvalue weighted by Crippen LogP contribution is -2.45. The maximum absolute atomic E-state index is 5.89. The number of hydrogen-bond donors (Lipinski definition) is 1. The average molecular weight is 256 g/mol. The van der Waals surface area contributed by atoms with Crippen molar-refractivity contribution in [2.24, 2.45) is 23.0 Å². The molecule has 0 fully saturated rings. The molecular formula is C16H36N2. The van der Waals surface area contributed by atoms with E-state index in [1.165, 1.54) is 12.8 Å². The average Bonchev–Trinajstić information content (AvgIpc) is 2.23.